The van der Waals surface area contributed by atoms with Gasteiger partial charge in [-0.15, -0.1) is 8.20 Å². The summed E-state index contributed by atoms with van der Waals surface area (Å²) < 4.78 is 0. The molecule has 1 aliphatic heterocycles. The molecule has 1 aliphatic rings. The molecule has 0 N–H and O–H groups in total. The van der Waals surface area contributed by atoms with Crippen LogP contribution in [0.1, 0.15) is 44.9 Å². The van der Waals surface area contributed by atoms with E-state index in [2.05, 4.69) is 5.80 Å². The largest absolute Gasteiger partial charge is 0.109 e. The van der Waals surface area contributed by atoms with Crippen molar-refractivity contribution in [3.8, 4) is 0 Å². The van der Waals surface area contributed by atoms with E-state index in [1.807, 2.05) is 0 Å². The second-order valence-electron chi connectivity index (χ2n) is 3.00. The highest BCUT2D eigenvalue weighted by molar-refractivity contribution is 7.38. The van der Waals surface area contributed by atoms with Crippen LogP contribution in [0.2, 0.25) is 0 Å². The Bertz CT molecular complexity index is 84.9. The van der Waals surface area contributed by atoms with Gasteiger partial charge in [-0.3, -0.25) is 0 Å². The monoisotopic (exact) mass is 156 g/mol. The van der Waals surface area contributed by atoms with Crippen molar-refractivity contribution in [2.45, 2.75) is 44.9 Å². The lowest BCUT2D eigenvalue weighted by Crippen LogP contribution is -1.84. The predicted octanol–water partition coefficient (Wildman–Crippen LogP) is 3.48. The van der Waals surface area contributed by atoms with Gasteiger partial charge >= 0.3 is 0 Å². The molecule has 0 aromatic carbocycles. The summed E-state index contributed by atoms with van der Waals surface area (Å²) in [6.45, 7) is 0. The zero-order valence-electron chi connectivity index (χ0n) is 6.68. The van der Waals surface area contributed by atoms with Crippen LogP contribution in [0.3, 0.4) is 0 Å². The molecule has 10 heavy (non-hydrogen) atoms. The smallest absolute Gasteiger partial charge is 0.0109 e. The number of hydrogen-bond donors (Lipinski definition) is 0. The quantitative estimate of drug-likeness (QED) is 0.471. The molecule has 58 valence electrons. The summed E-state index contributed by atoms with van der Waals surface area (Å²) in [4.78, 5) is 0. The molecule has 1 heteroatoms. The molecule has 0 unspecified atom stereocenters. The fourth-order valence-electron chi connectivity index (χ4n) is 1.33. The maximum absolute atomic E-state index is 2.45. The van der Waals surface area contributed by atoms with Crippen LogP contribution in [0.4, 0.5) is 0 Å². The molecular weight excluding hydrogens is 139 g/mol. The van der Waals surface area contributed by atoms with Crippen molar-refractivity contribution < 1.29 is 0 Å². The minimum absolute atomic E-state index is 1.36. The highest BCUT2D eigenvalue weighted by Crippen LogP contribution is 2.12. The molecule has 0 saturated carbocycles. The summed E-state index contributed by atoms with van der Waals surface area (Å²) >= 11 is 0. The van der Waals surface area contributed by atoms with E-state index in [-0.39, 0.29) is 0 Å². The van der Waals surface area contributed by atoms with E-state index in [4.69, 9.17) is 0 Å². The Kier molecular flexibility index (Phi) is 4.89. The van der Waals surface area contributed by atoms with Crippen LogP contribution in [0.5, 0.6) is 0 Å². The first-order chi connectivity index (χ1) is 5.00. The molecule has 0 bridgehead atoms. The molecule has 0 saturated heterocycles. The van der Waals surface area contributed by atoms with Crippen molar-refractivity contribution in [1.29, 1.82) is 0 Å². The van der Waals surface area contributed by atoms with Crippen LogP contribution in [0.25, 0.3) is 0 Å². The van der Waals surface area contributed by atoms with Crippen LogP contribution in [0, 0.1) is 0 Å². The van der Waals surface area contributed by atoms with Crippen molar-refractivity contribution in [3.63, 3.8) is 0 Å². The molecule has 1 heterocycles. The van der Waals surface area contributed by atoms with E-state index >= 15 is 0 Å². The van der Waals surface area contributed by atoms with E-state index in [0.29, 0.717) is 0 Å². The lowest BCUT2D eigenvalue weighted by atomic mass is 10.1. The van der Waals surface area contributed by atoms with Crippen LogP contribution < -0.4 is 0 Å². The second-order valence-corrected chi connectivity index (χ2v) is 4.18. The van der Waals surface area contributed by atoms with E-state index < -0.39 is 0 Å². The Morgan fingerprint density at radius 1 is 0.800 bits per heavy atom. The highest BCUT2D eigenvalue weighted by Gasteiger charge is 1.91. The van der Waals surface area contributed by atoms with E-state index in [0.717, 1.165) is 0 Å². The predicted molar refractivity (Wildman–Crippen MR) is 50.2 cm³/mol. The molecule has 0 amide bonds. The molecule has 0 nitrogen and oxygen atoms in total. The van der Waals surface area contributed by atoms with Gasteiger partial charge in [-0.25, -0.2) is 0 Å². The molecule has 0 spiro atoms. The first-order valence-corrected chi connectivity index (χ1v) is 5.63. The van der Waals surface area contributed by atoms with E-state index in [9.17, 15) is 0 Å². The standard InChI is InChI=1S/C9H17P/c1-2-4-6-8-10-9-7-5-3-1/h8H,1-7,9H2. The van der Waals surface area contributed by atoms with Gasteiger partial charge in [0.1, 0.15) is 0 Å². The van der Waals surface area contributed by atoms with Gasteiger partial charge < -0.3 is 0 Å². The second kappa shape index (κ2) is 5.92. The maximum Gasteiger partial charge on any atom is -0.0109 e. The van der Waals surface area contributed by atoms with Gasteiger partial charge in [0.15, 0.2) is 0 Å². The zero-order valence-corrected chi connectivity index (χ0v) is 7.58. The van der Waals surface area contributed by atoms with Gasteiger partial charge in [0, 0.05) is 0 Å². The Labute approximate surface area is 65.8 Å². The molecule has 0 aromatic heterocycles. The van der Waals surface area contributed by atoms with Gasteiger partial charge in [-0.05, 0) is 25.4 Å². The minimum atomic E-state index is 1.36. The van der Waals surface area contributed by atoms with Crippen molar-refractivity contribution in [3.05, 3.63) is 0 Å². The molecule has 1 rings (SSSR count). The van der Waals surface area contributed by atoms with Gasteiger partial charge in [0.25, 0.3) is 0 Å². The van der Waals surface area contributed by atoms with Crippen molar-refractivity contribution in [2.75, 3.05) is 6.16 Å². The van der Waals surface area contributed by atoms with Crippen molar-refractivity contribution in [1.82, 2.24) is 0 Å². The maximum atomic E-state index is 2.45. The summed E-state index contributed by atoms with van der Waals surface area (Å²) in [5, 5.41) is 0. The van der Waals surface area contributed by atoms with Gasteiger partial charge in [-0.1, -0.05) is 31.5 Å². The average Bonchev–Trinajstić information content (AvgIpc) is 2.01. The van der Waals surface area contributed by atoms with Gasteiger partial charge in [-0.2, -0.15) is 0 Å². The Morgan fingerprint density at radius 2 is 1.50 bits per heavy atom. The first kappa shape index (κ1) is 8.27. The summed E-state index contributed by atoms with van der Waals surface area (Å²) in [6, 6.07) is 0. The molecule has 0 fully saturated rings. The fraction of sp³-hybridized carbons (Fsp3) is 0.889. The SMILES string of the molecule is C1=PCCCCCCCC1. The lowest BCUT2D eigenvalue weighted by Gasteiger charge is -2.01. The van der Waals surface area contributed by atoms with Crippen molar-refractivity contribution in [2.24, 2.45) is 0 Å². The van der Waals surface area contributed by atoms with Gasteiger partial charge in [0.05, 0.1) is 0 Å². The third kappa shape index (κ3) is 4.06. The van der Waals surface area contributed by atoms with Gasteiger partial charge in [0.2, 0.25) is 0 Å². The summed E-state index contributed by atoms with van der Waals surface area (Å²) in [7, 11) is 1.59. The van der Waals surface area contributed by atoms with Crippen LogP contribution in [0.15, 0.2) is 0 Å². The van der Waals surface area contributed by atoms with Crippen LogP contribution in [-0.2, 0) is 0 Å². The third-order valence-electron chi connectivity index (χ3n) is 2.00. The summed E-state index contributed by atoms with van der Waals surface area (Å²) in [5.41, 5.74) is 0. The lowest BCUT2D eigenvalue weighted by molar-refractivity contribution is 0.618. The summed E-state index contributed by atoms with van der Waals surface area (Å²) in [6.07, 6.45) is 11.6. The molecule has 0 atom stereocenters. The highest BCUT2D eigenvalue weighted by atomic mass is 31.1. The molecular formula is C9H17P. The topological polar surface area (TPSA) is 0 Å². The first-order valence-electron chi connectivity index (χ1n) is 4.48. The normalized spacial score (nSPS) is 24.0. The number of hydrogen-bond acceptors (Lipinski definition) is 0. The third-order valence-corrected chi connectivity index (χ3v) is 3.09. The van der Waals surface area contributed by atoms with E-state index in [1.54, 1.807) is 8.20 Å². The van der Waals surface area contributed by atoms with E-state index in [1.165, 1.54) is 51.1 Å². The van der Waals surface area contributed by atoms with Crippen LogP contribution >= 0.6 is 8.20 Å². The minimum Gasteiger partial charge on any atom is -0.109 e. The fourth-order valence-corrected chi connectivity index (χ4v) is 2.28. The summed E-state index contributed by atoms with van der Waals surface area (Å²) in [5.74, 6) is 2.45. The molecule has 0 aliphatic carbocycles. The van der Waals surface area contributed by atoms with Crippen LogP contribution in [-0.4, -0.2) is 12.0 Å². The Balaban J connectivity index is 2.13. The Hall–Kier alpha value is 0.170. The van der Waals surface area contributed by atoms with Crippen molar-refractivity contribution >= 4 is 14.0 Å². The number of rotatable bonds is 0. The zero-order chi connectivity index (χ0) is 7.07. The molecule has 0 aromatic rings. The Morgan fingerprint density at radius 3 is 2.40 bits per heavy atom. The average molecular weight is 156 g/mol. The molecule has 0 radical (unpaired) electrons.